The van der Waals surface area contributed by atoms with E-state index in [1.54, 1.807) is 18.2 Å². The Morgan fingerprint density at radius 3 is 2.09 bits per heavy atom. The summed E-state index contributed by atoms with van der Waals surface area (Å²) in [5.41, 5.74) is 5.82. The third-order valence-electron chi connectivity index (χ3n) is 3.87. The van der Waals surface area contributed by atoms with Crippen LogP contribution < -0.4 is 0 Å². The summed E-state index contributed by atoms with van der Waals surface area (Å²) in [5, 5.41) is 0. The van der Waals surface area contributed by atoms with E-state index in [0.29, 0.717) is 16.7 Å². The van der Waals surface area contributed by atoms with Crippen molar-refractivity contribution in [1.82, 2.24) is 0 Å². The van der Waals surface area contributed by atoms with Crippen LogP contribution in [0.5, 0.6) is 0 Å². The summed E-state index contributed by atoms with van der Waals surface area (Å²) in [6, 6.07) is 11.2. The smallest absolute Gasteiger partial charge is 0.346 e. The third kappa shape index (κ3) is 2.35. The largest absolute Gasteiger partial charge is 0.386 e. The Labute approximate surface area is 129 Å². The van der Waals surface area contributed by atoms with Gasteiger partial charge in [0.2, 0.25) is 0 Å². The molecule has 0 aromatic heterocycles. The van der Waals surface area contributed by atoms with Crippen LogP contribution in [-0.2, 0) is 9.53 Å². The number of esters is 2. The maximum atomic E-state index is 12.1. The number of aryl methyl sites for hydroxylation is 3. The summed E-state index contributed by atoms with van der Waals surface area (Å²) >= 11 is 0. The highest BCUT2D eigenvalue weighted by Gasteiger charge is 2.29. The number of ether oxygens (including phenoxy) is 1. The molecule has 3 heteroatoms. The molecule has 0 saturated heterocycles. The van der Waals surface area contributed by atoms with E-state index in [4.69, 9.17) is 4.74 Å². The van der Waals surface area contributed by atoms with E-state index in [2.05, 4.69) is 12.1 Å². The summed E-state index contributed by atoms with van der Waals surface area (Å²) < 4.78 is 4.85. The van der Waals surface area contributed by atoms with Gasteiger partial charge in [-0.25, -0.2) is 9.59 Å². The molecule has 0 atom stereocenters. The molecule has 110 valence electrons. The Balaban J connectivity index is 2.22. The highest BCUT2D eigenvalue weighted by Crippen LogP contribution is 2.30. The lowest BCUT2D eigenvalue weighted by Gasteiger charge is -2.17. The standard InChI is InChI=1S/C19H16O3/c1-11-8-12(2)16(13(3)9-11)10-17-14-6-4-5-7-15(14)18(20)22-19(17)21/h4-10H,1-3H3/b17-10+. The van der Waals surface area contributed by atoms with E-state index in [9.17, 15) is 9.59 Å². The van der Waals surface area contributed by atoms with Crippen molar-refractivity contribution in [1.29, 1.82) is 0 Å². The second kappa shape index (κ2) is 5.26. The van der Waals surface area contributed by atoms with Gasteiger partial charge in [-0.3, -0.25) is 0 Å². The van der Waals surface area contributed by atoms with Crippen molar-refractivity contribution in [3.63, 3.8) is 0 Å². The number of cyclic esters (lactones) is 2. The maximum absolute atomic E-state index is 12.1. The van der Waals surface area contributed by atoms with Gasteiger partial charge in [-0.1, -0.05) is 35.9 Å². The van der Waals surface area contributed by atoms with Crippen LogP contribution in [0.15, 0.2) is 36.4 Å². The highest BCUT2D eigenvalue weighted by atomic mass is 16.6. The molecule has 0 unspecified atom stereocenters. The molecular formula is C19H16O3. The fourth-order valence-electron chi connectivity index (χ4n) is 2.90. The first kappa shape index (κ1) is 14.3. The van der Waals surface area contributed by atoms with E-state index in [1.807, 2.05) is 32.9 Å². The van der Waals surface area contributed by atoms with Crippen LogP contribution in [0.1, 0.15) is 38.2 Å². The van der Waals surface area contributed by atoms with Crippen LogP contribution in [0, 0.1) is 20.8 Å². The zero-order valence-electron chi connectivity index (χ0n) is 12.8. The summed E-state index contributed by atoms with van der Waals surface area (Å²) in [7, 11) is 0. The molecule has 3 rings (SSSR count). The molecule has 2 aromatic rings. The average molecular weight is 292 g/mol. The van der Waals surface area contributed by atoms with Crippen molar-refractivity contribution in [2.45, 2.75) is 20.8 Å². The number of rotatable bonds is 1. The molecule has 1 heterocycles. The predicted octanol–water partition coefficient (Wildman–Crippen LogP) is 3.85. The Morgan fingerprint density at radius 1 is 0.864 bits per heavy atom. The quantitative estimate of drug-likeness (QED) is 0.455. The lowest BCUT2D eigenvalue weighted by molar-refractivity contribution is -0.131. The average Bonchev–Trinajstić information content (AvgIpc) is 2.45. The second-order valence-corrected chi connectivity index (χ2v) is 5.59. The van der Waals surface area contributed by atoms with E-state index in [-0.39, 0.29) is 0 Å². The van der Waals surface area contributed by atoms with Crippen molar-refractivity contribution < 1.29 is 14.3 Å². The van der Waals surface area contributed by atoms with Gasteiger partial charge in [-0.15, -0.1) is 0 Å². The predicted molar refractivity (Wildman–Crippen MR) is 85.4 cm³/mol. The topological polar surface area (TPSA) is 43.4 Å². The molecule has 2 aromatic carbocycles. The van der Waals surface area contributed by atoms with Crippen LogP contribution in [0.2, 0.25) is 0 Å². The molecule has 0 spiro atoms. The van der Waals surface area contributed by atoms with E-state index >= 15 is 0 Å². The molecule has 0 amide bonds. The Hall–Kier alpha value is -2.68. The number of hydrogen-bond donors (Lipinski definition) is 0. The van der Waals surface area contributed by atoms with Crippen LogP contribution in [0.3, 0.4) is 0 Å². The van der Waals surface area contributed by atoms with Gasteiger partial charge >= 0.3 is 11.9 Å². The van der Waals surface area contributed by atoms with Crippen LogP contribution >= 0.6 is 0 Å². The lowest BCUT2D eigenvalue weighted by atomic mass is 9.92. The molecule has 0 bridgehead atoms. The van der Waals surface area contributed by atoms with Crippen molar-refractivity contribution in [3.8, 4) is 0 Å². The monoisotopic (exact) mass is 292 g/mol. The second-order valence-electron chi connectivity index (χ2n) is 5.59. The van der Waals surface area contributed by atoms with Crippen molar-refractivity contribution >= 4 is 23.6 Å². The first-order chi connectivity index (χ1) is 10.5. The Kier molecular flexibility index (Phi) is 3.41. The highest BCUT2D eigenvalue weighted by molar-refractivity contribution is 6.29. The maximum Gasteiger partial charge on any atom is 0.346 e. The Morgan fingerprint density at radius 2 is 1.45 bits per heavy atom. The molecule has 1 aliphatic rings. The minimum Gasteiger partial charge on any atom is -0.386 e. The lowest BCUT2D eigenvalue weighted by Crippen LogP contribution is -2.21. The van der Waals surface area contributed by atoms with Crippen LogP contribution in [0.25, 0.3) is 11.6 Å². The number of carbonyl (C=O) groups is 2. The van der Waals surface area contributed by atoms with E-state index in [1.165, 1.54) is 5.56 Å². The van der Waals surface area contributed by atoms with Gasteiger partial charge in [0.25, 0.3) is 0 Å². The number of fused-ring (bicyclic) bond motifs is 1. The van der Waals surface area contributed by atoms with Gasteiger partial charge in [0.05, 0.1) is 11.1 Å². The number of hydrogen-bond acceptors (Lipinski definition) is 3. The fourth-order valence-corrected chi connectivity index (χ4v) is 2.90. The van der Waals surface area contributed by atoms with Gasteiger partial charge in [0.1, 0.15) is 0 Å². The SMILES string of the molecule is Cc1cc(C)c(/C=C2/C(=O)OC(=O)c3ccccc32)c(C)c1. The van der Waals surface area contributed by atoms with Crippen molar-refractivity contribution in [2.75, 3.05) is 0 Å². The van der Waals surface area contributed by atoms with Gasteiger partial charge in [0.15, 0.2) is 0 Å². The van der Waals surface area contributed by atoms with Gasteiger partial charge in [0, 0.05) is 5.56 Å². The van der Waals surface area contributed by atoms with Gasteiger partial charge in [-0.2, -0.15) is 0 Å². The molecule has 1 aliphatic heterocycles. The van der Waals surface area contributed by atoms with E-state index in [0.717, 1.165) is 16.7 Å². The molecule has 0 N–H and O–H groups in total. The molecule has 0 fully saturated rings. The third-order valence-corrected chi connectivity index (χ3v) is 3.87. The number of carbonyl (C=O) groups excluding carboxylic acids is 2. The zero-order valence-corrected chi connectivity index (χ0v) is 12.8. The number of benzene rings is 2. The van der Waals surface area contributed by atoms with Crippen molar-refractivity contribution in [3.05, 3.63) is 69.8 Å². The minimum atomic E-state index is -0.594. The van der Waals surface area contributed by atoms with Gasteiger partial charge in [-0.05, 0) is 49.6 Å². The summed E-state index contributed by atoms with van der Waals surface area (Å²) in [4.78, 5) is 24.0. The fraction of sp³-hybridized carbons (Fsp3) is 0.158. The van der Waals surface area contributed by atoms with Crippen LogP contribution in [0.4, 0.5) is 0 Å². The normalized spacial score (nSPS) is 15.7. The first-order valence-corrected chi connectivity index (χ1v) is 7.13. The molecule has 22 heavy (non-hydrogen) atoms. The Bertz CT molecular complexity index is 805. The minimum absolute atomic E-state index is 0.422. The van der Waals surface area contributed by atoms with E-state index < -0.39 is 11.9 Å². The van der Waals surface area contributed by atoms with Crippen LogP contribution in [-0.4, -0.2) is 11.9 Å². The zero-order chi connectivity index (χ0) is 15.9. The molecule has 0 radical (unpaired) electrons. The summed E-state index contributed by atoms with van der Waals surface area (Å²) in [6.07, 6.45) is 1.82. The summed E-state index contributed by atoms with van der Waals surface area (Å²) in [5.74, 6) is -1.18. The molecular weight excluding hydrogens is 276 g/mol. The molecule has 0 aliphatic carbocycles. The summed E-state index contributed by atoms with van der Waals surface area (Å²) in [6.45, 7) is 6.06. The first-order valence-electron chi connectivity index (χ1n) is 7.13. The van der Waals surface area contributed by atoms with Gasteiger partial charge < -0.3 is 4.74 Å². The molecule has 0 saturated carbocycles. The van der Waals surface area contributed by atoms with Crippen molar-refractivity contribution in [2.24, 2.45) is 0 Å². The molecule has 3 nitrogen and oxygen atoms in total.